The molecule has 0 aliphatic heterocycles. The molecule has 158 valence electrons. The van der Waals surface area contributed by atoms with Gasteiger partial charge in [-0.05, 0) is 12.3 Å². The molecule has 4 rings (SSSR count). The zero-order chi connectivity index (χ0) is 18.2. The maximum absolute atomic E-state index is 3.06. The van der Waals surface area contributed by atoms with E-state index in [-0.39, 0.29) is 39.7 Å². The number of hydrogen-bond acceptors (Lipinski definition) is 0. The zero-order valence-electron chi connectivity index (χ0n) is 18.0. The van der Waals surface area contributed by atoms with Crippen molar-refractivity contribution in [2.24, 2.45) is 0 Å². The third-order valence-corrected chi connectivity index (χ3v) is 4.39. The normalized spacial score (nSPS) is 8.79. The van der Waals surface area contributed by atoms with Gasteiger partial charge in [-0.25, -0.2) is 0 Å². The predicted octanol–water partition coefficient (Wildman–Crippen LogP) is 8.16. The Kier molecular flexibility index (Phi) is 19.4. The van der Waals surface area contributed by atoms with E-state index in [1.54, 1.807) is 0 Å². The summed E-state index contributed by atoms with van der Waals surface area (Å²) in [6.07, 6.45) is 1.13. The SMILES string of the molecule is CC(C)c1cc2ccccc2[cH-]1.CCc1cc2ccccc2[cH-]1.Cl.Cl.[CH3-].[CH3-].[Si]=[Zr]. The molecule has 4 aromatic rings. The van der Waals surface area contributed by atoms with Gasteiger partial charge in [0.15, 0.2) is 0 Å². The molecule has 4 aromatic carbocycles. The van der Waals surface area contributed by atoms with Crippen molar-refractivity contribution in [1.82, 2.24) is 0 Å². The molecule has 0 spiro atoms. The Morgan fingerprint density at radius 2 is 1.24 bits per heavy atom. The van der Waals surface area contributed by atoms with Gasteiger partial charge in [-0.2, -0.15) is 12.1 Å². The van der Waals surface area contributed by atoms with Crippen molar-refractivity contribution in [2.45, 2.75) is 33.1 Å². The topological polar surface area (TPSA) is 0 Å². The van der Waals surface area contributed by atoms with Crippen LogP contribution in [-0.2, 0) is 29.8 Å². The second kappa shape index (κ2) is 17.1. The van der Waals surface area contributed by atoms with Gasteiger partial charge in [-0.1, -0.05) is 32.9 Å². The van der Waals surface area contributed by atoms with Crippen LogP contribution in [0.5, 0.6) is 0 Å². The molecule has 0 heterocycles. The van der Waals surface area contributed by atoms with Crippen molar-refractivity contribution in [2.75, 3.05) is 0 Å². The van der Waals surface area contributed by atoms with Crippen molar-refractivity contribution < 1.29 is 23.3 Å². The Morgan fingerprint density at radius 1 is 0.793 bits per heavy atom. The van der Waals surface area contributed by atoms with Crippen LogP contribution in [0.3, 0.4) is 0 Å². The van der Waals surface area contributed by atoms with E-state index in [0.717, 1.165) is 6.42 Å². The molecule has 0 atom stereocenters. The third kappa shape index (κ3) is 9.35. The molecule has 0 bridgehead atoms. The van der Waals surface area contributed by atoms with Gasteiger partial charge >= 0.3 is 30.2 Å². The summed E-state index contributed by atoms with van der Waals surface area (Å²) in [4.78, 5) is 0. The number of benzene rings is 2. The van der Waals surface area contributed by atoms with E-state index < -0.39 is 0 Å². The first-order chi connectivity index (χ1) is 12.2. The monoisotopic (exact) mass is 520 g/mol. The van der Waals surface area contributed by atoms with Gasteiger partial charge in [-0.3, -0.25) is 0 Å². The molecule has 0 saturated heterocycles. The molecular weight excluding hydrogens is 490 g/mol. The second-order valence-electron chi connectivity index (χ2n) is 6.42. The maximum atomic E-state index is 3.06. The first kappa shape index (κ1) is 33.0. The fourth-order valence-corrected chi connectivity index (χ4v) is 2.93. The zero-order valence-corrected chi connectivity index (χ0v) is 23.1. The van der Waals surface area contributed by atoms with Gasteiger partial charge in [0, 0.05) is 0 Å². The minimum absolute atomic E-state index is 0. The summed E-state index contributed by atoms with van der Waals surface area (Å²) in [5.74, 6) is 0.636. The van der Waals surface area contributed by atoms with Crippen LogP contribution in [0.25, 0.3) is 21.5 Å². The average Bonchev–Trinajstić information content (AvgIpc) is 3.27. The van der Waals surface area contributed by atoms with Crippen LogP contribution in [0.2, 0.25) is 0 Å². The summed E-state index contributed by atoms with van der Waals surface area (Å²) < 4.78 is 0. The van der Waals surface area contributed by atoms with Gasteiger partial charge in [0.2, 0.25) is 0 Å². The van der Waals surface area contributed by atoms with E-state index in [1.165, 1.54) is 56.0 Å². The summed E-state index contributed by atoms with van der Waals surface area (Å²) in [5.41, 5.74) is 2.88. The van der Waals surface area contributed by atoms with Gasteiger partial charge < -0.3 is 14.9 Å². The Morgan fingerprint density at radius 3 is 1.66 bits per heavy atom. The van der Waals surface area contributed by atoms with Crippen molar-refractivity contribution in [3.05, 3.63) is 98.8 Å². The molecule has 0 fully saturated rings. The van der Waals surface area contributed by atoms with Gasteiger partial charge in [-0.15, -0.1) is 106 Å². The number of fused-ring (bicyclic) bond motifs is 2. The summed E-state index contributed by atoms with van der Waals surface area (Å²) in [5, 5.41) is 5.45. The first-order valence-electron chi connectivity index (χ1n) is 8.72. The average molecular weight is 523 g/mol. The van der Waals surface area contributed by atoms with Crippen LogP contribution >= 0.6 is 24.8 Å². The van der Waals surface area contributed by atoms with Gasteiger partial charge in [0.25, 0.3) is 0 Å². The quantitative estimate of drug-likeness (QED) is 0.184. The number of aryl methyl sites for hydroxylation is 1. The van der Waals surface area contributed by atoms with Gasteiger partial charge in [0.05, 0.1) is 0 Å². The van der Waals surface area contributed by atoms with E-state index in [1.807, 2.05) is 0 Å². The summed E-state index contributed by atoms with van der Waals surface area (Å²) in [7, 11) is 0. The summed E-state index contributed by atoms with van der Waals surface area (Å²) in [6, 6.07) is 26.1. The number of rotatable bonds is 2. The molecule has 0 nitrogen and oxygen atoms in total. The molecule has 0 aliphatic rings. The summed E-state index contributed by atoms with van der Waals surface area (Å²) in [6.45, 7) is 9.71. The van der Waals surface area contributed by atoms with Crippen LogP contribution in [0, 0.1) is 14.9 Å². The number of hydrogen-bond donors (Lipinski definition) is 0. The van der Waals surface area contributed by atoms with Crippen LogP contribution in [0.15, 0.2) is 72.8 Å². The molecule has 0 N–H and O–H groups in total. The number of halogens is 2. The van der Waals surface area contributed by atoms with Crippen LogP contribution < -0.4 is 0 Å². The van der Waals surface area contributed by atoms with E-state index in [2.05, 4.69) is 100 Å². The molecule has 0 unspecified atom stereocenters. The van der Waals surface area contributed by atoms with Crippen molar-refractivity contribution in [3.8, 4) is 0 Å². The van der Waals surface area contributed by atoms with E-state index in [9.17, 15) is 0 Å². The Bertz CT molecular complexity index is 859. The molecule has 0 aliphatic carbocycles. The van der Waals surface area contributed by atoms with Crippen molar-refractivity contribution in [1.29, 1.82) is 0 Å². The van der Waals surface area contributed by atoms with E-state index >= 15 is 0 Å². The van der Waals surface area contributed by atoms with Crippen LogP contribution in [-0.4, -0.2) is 6.88 Å². The Balaban J connectivity index is -0.000000382. The second-order valence-corrected chi connectivity index (χ2v) is 6.42. The molecule has 2 radical (unpaired) electrons. The first-order valence-corrected chi connectivity index (χ1v) is 12.9. The standard InChI is InChI=1S/C12H13.C11H11.2CH3.2ClH.Si.Zr/c1-9(2)12-7-10-5-3-4-6-11(10)8-12;1-2-9-7-10-5-3-4-6-11(10)8-9;;;;;;/h3-9H,1-2H3;3-8H,2H2,1H3;2*1H3;2*1H;;/q4*-1;;;;. The molecule has 0 aromatic heterocycles. The predicted molar refractivity (Wildman–Crippen MR) is 136 cm³/mol. The van der Waals surface area contributed by atoms with Crippen molar-refractivity contribution in [3.63, 3.8) is 0 Å². The fraction of sp³-hybridized carbons (Fsp3) is 0.200. The molecular formula is C25H32Cl2SiZr-4. The molecule has 29 heavy (non-hydrogen) atoms. The fourth-order valence-electron chi connectivity index (χ4n) is 2.93. The Labute approximate surface area is 207 Å². The Hall–Kier alpha value is -0.660. The molecule has 0 amide bonds. The minimum atomic E-state index is 0. The van der Waals surface area contributed by atoms with E-state index in [0.29, 0.717) is 5.92 Å². The molecule has 4 heteroatoms. The summed E-state index contributed by atoms with van der Waals surface area (Å²) >= 11 is 1.36. The van der Waals surface area contributed by atoms with Gasteiger partial charge in [0.1, 0.15) is 0 Å². The van der Waals surface area contributed by atoms with Crippen LogP contribution in [0.4, 0.5) is 0 Å². The van der Waals surface area contributed by atoms with E-state index in [4.69, 9.17) is 0 Å². The third-order valence-electron chi connectivity index (χ3n) is 4.39. The van der Waals surface area contributed by atoms with Crippen molar-refractivity contribution >= 4 is 53.2 Å². The van der Waals surface area contributed by atoms with Crippen LogP contribution in [0.1, 0.15) is 37.8 Å². The molecule has 0 saturated carbocycles.